The smallest absolute Gasteiger partial charge is 0.127 e. The Labute approximate surface area is 147 Å². The van der Waals surface area contributed by atoms with E-state index in [0.717, 1.165) is 37.9 Å². The summed E-state index contributed by atoms with van der Waals surface area (Å²) in [6.07, 6.45) is 16.6. The number of piperidine rings is 1. The molecule has 1 unspecified atom stereocenters. The third kappa shape index (κ3) is 9.68. The van der Waals surface area contributed by atoms with Crippen LogP contribution >= 0.6 is 0 Å². The highest BCUT2D eigenvalue weighted by molar-refractivity contribution is 5.57. The van der Waals surface area contributed by atoms with Crippen molar-refractivity contribution in [3.63, 3.8) is 0 Å². The molecule has 0 bridgehead atoms. The largest absolute Gasteiger partial charge is 0.498 e. The molecule has 4 heteroatoms. The van der Waals surface area contributed by atoms with E-state index in [4.69, 9.17) is 10.5 Å². The van der Waals surface area contributed by atoms with Gasteiger partial charge in [0.1, 0.15) is 6.29 Å². The van der Waals surface area contributed by atoms with Crippen molar-refractivity contribution in [2.45, 2.75) is 44.9 Å². The fourth-order valence-corrected chi connectivity index (χ4v) is 2.80. The number of carbonyl (C=O) groups is 1. The minimum atomic E-state index is -0.0209. The zero-order valence-corrected chi connectivity index (χ0v) is 15.0. The Morgan fingerprint density at radius 2 is 2.08 bits per heavy atom. The Morgan fingerprint density at radius 1 is 1.29 bits per heavy atom. The third-order valence-electron chi connectivity index (χ3n) is 4.21. The molecule has 0 saturated carbocycles. The summed E-state index contributed by atoms with van der Waals surface area (Å²) in [5.74, 6) is 0.880. The molecule has 1 atom stereocenters. The van der Waals surface area contributed by atoms with Crippen molar-refractivity contribution in [3.8, 4) is 0 Å². The standard InChI is InChI=1S/C12H16O2.C8H18N2/c1-2-3-8-14-12-7-5-4-6-11(9-12)10-13;9-5-4-8-10-6-2-1-3-7-10/h2,4-5,9-11H,1,3,6-8H2;1-9H2. The number of nitrogens with two attached hydrogens (primary N) is 1. The molecule has 1 aliphatic heterocycles. The average molecular weight is 335 g/mol. The van der Waals surface area contributed by atoms with Gasteiger partial charge in [0.25, 0.3) is 0 Å². The fourth-order valence-electron chi connectivity index (χ4n) is 2.80. The number of likely N-dealkylation sites (tertiary alicyclic amines) is 1. The highest BCUT2D eigenvalue weighted by Gasteiger charge is 2.08. The Balaban J connectivity index is 0.000000254. The fraction of sp³-hybridized carbons (Fsp3) is 0.650. The van der Waals surface area contributed by atoms with Crippen molar-refractivity contribution < 1.29 is 9.53 Å². The van der Waals surface area contributed by atoms with Crippen LogP contribution < -0.4 is 5.73 Å². The van der Waals surface area contributed by atoms with Crippen LogP contribution in [-0.2, 0) is 9.53 Å². The van der Waals surface area contributed by atoms with E-state index >= 15 is 0 Å². The number of carbonyl (C=O) groups excluding carboxylic acids is 1. The van der Waals surface area contributed by atoms with Gasteiger partial charge in [-0.3, -0.25) is 0 Å². The first-order chi connectivity index (χ1) is 11.8. The maximum Gasteiger partial charge on any atom is 0.127 e. The van der Waals surface area contributed by atoms with Crippen LogP contribution in [0.25, 0.3) is 0 Å². The summed E-state index contributed by atoms with van der Waals surface area (Å²) in [7, 11) is 0. The monoisotopic (exact) mass is 334 g/mol. The molecule has 0 spiro atoms. The molecule has 0 radical (unpaired) electrons. The molecule has 1 saturated heterocycles. The van der Waals surface area contributed by atoms with Crippen molar-refractivity contribution in [2.75, 3.05) is 32.8 Å². The van der Waals surface area contributed by atoms with Crippen LogP contribution in [0.2, 0.25) is 0 Å². The van der Waals surface area contributed by atoms with Crippen molar-refractivity contribution in [2.24, 2.45) is 11.7 Å². The number of aldehydes is 1. The molecule has 24 heavy (non-hydrogen) atoms. The van der Waals surface area contributed by atoms with Gasteiger partial charge < -0.3 is 20.2 Å². The minimum Gasteiger partial charge on any atom is -0.498 e. The predicted octanol–water partition coefficient (Wildman–Crippen LogP) is 3.45. The van der Waals surface area contributed by atoms with E-state index in [1.54, 1.807) is 0 Å². The normalized spacial score (nSPS) is 21.0. The van der Waals surface area contributed by atoms with Gasteiger partial charge in [-0.2, -0.15) is 0 Å². The van der Waals surface area contributed by atoms with Crippen LogP contribution in [0.4, 0.5) is 0 Å². The molecule has 1 heterocycles. The van der Waals surface area contributed by atoms with Gasteiger partial charge in [-0.05, 0) is 64.4 Å². The van der Waals surface area contributed by atoms with Gasteiger partial charge in [-0.1, -0.05) is 24.6 Å². The summed E-state index contributed by atoms with van der Waals surface area (Å²) < 4.78 is 5.52. The molecular formula is C20H34N2O2. The molecule has 136 valence electrons. The highest BCUT2D eigenvalue weighted by Crippen LogP contribution is 2.16. The van der Waals surface area contributed by atoms with E-state index in [-0.39, 0.29) is 5.92 Å². The molecule has 2 rings (SSSR count). The third-order valence-corrected chi connectivity index (χ3v) is 4.21. The number of ether oxygens (including phenoxy) is 1. The molecule has 1 aliphatic carbocycles. The molecule has 1 fully saturated rings. The molecule has 0 aromatic rings. The molecule has 0 aromatic heterocycles. The molecule has 0 amide bonds. The quantitative estimate of drug-likeness (QED) is 0.420. The van der Waals surface area contributed by atoms with Crippen molar-refractivity contribution >= 4 is 6.29 Å². The summed E-state index contributed by atoms with van der Waals surface area (Å²) in [5, 5.41) is 0. The van der Waals surface area contributed by atoms with Gasteiger partial charge in [-0.25, -0.2) is 0 Å². The summed E-state index contributed by atoms with van der Waals surface area (Å²) in [4.78, 5) is 13.2. The minimum absolute atomic E-state index is 0.0209. The number of hydrogen-bond donors (Lipinski definition) is 1. The first kappa shape index (κ1) is 20.7. The zero-order valence-electron chi connectivity index (χ0n) is 15.0. The van der Waals surface area contributed by atoms with E-state index in [2.05, 4.69) is 11.5 Å². The SMILES string of the molecule is C=CCCOC1=CC(C=O)CC=CC1.NCCCN1CCCCC1. The van der Waals surface area contributed by atoms with Gasteiger partial charge in [0.05, 0.1) is 12.4 Å². The van der Waals surface area contributed by atoms with E-state index in [9.17, 15) is 4.79 Å². The van der Waals surface area contributed by atoms with Crippen LogP contribution in [0, 0.1) is 5.92 Å². The van der Waals surface area contributed by atoms with Crippen molar-refractivity contribution in [3.05, 3.63) is 36.6 Å². The van der Waals surface area contributed by atoms with E-state index in [1.807, 2.05) is 24.3 Å². The number of rotatable bonds is 8. The number of nitrogens with zero attached hydrogens (tertiary/aromatic N) is 1. The van der Waals surface area contributed by atoms with E-state index in [1.165, 1.54) is 45.3 Å². The molecule has 0 aromatic carbocycles. The molecule has 4 nitrogen and oxygen atoms in total. The van der Waals surface area contributed by atoms with Crippen LogP contribution in [0.15, 0.2) is 36.6 Å². The van der Waals surface area contributed by atoms with Crippen molar-refractivity contribution in [1.82, 2.24) is 4.90 Å². The summed E-state index contributed by atoms with van der Waals surface area (Å²) in [5.41, 5.74) is 5.42. The Morgan fingerprint density at radius 3 is 2.75 bits per heavy atom. The maximum absolute atomic E-state index is 10.6. The Bertz CT molecular complexity index is 398. The second-order valence-electron chi connectivity index (χ2n) is 6.31. The van der Waals surface area contributed by atoms with Crippen LogP contribution in [0.3, 0.4) is 0 Å². The lowest BCUT2D eigenvalue weighted by Gasteiger charge is -2.25. The summed E-state index contributed by atoms with van der Waals surface area (Å²) >= 11 is 0. The molecule has 2 N–H and O–H groups in total. The van der Waals surface area contributed by atoms with Gasteiger partial charge >= 0.3 is 0 Å². The first-order valence-corrected chi connectivity index (χ1v) is 9.27. The van der Waals surface area contributed by atoms with Gasteiger partial charge in [-0.15, -0.1) is 6.58 Å². The second-order valence-corrected chi connectivity index (χ2v) is 6.31. The number of allylic oxidation sites excluding steroid dienone is 3. The topological polar surface area (TPSA) is 55.6 Å². The average Bonchev–Trinajstić information content (AvgIpc) is 2.87. The van der Waals surface area contributed by atoms with Gasteiger partial charge in [0.15, 0.2) is 0 Å². The summed E-state index contributed by atoms with van der Waals surface area (Å²) in [6.45, 7) is 8.94. The van der Waals surface area contributed by atoms with Crippen LogP contribution in [0.1, 0.15) is 44.9 Å². The lowest BCUT2D eigenvalue weighted by atomic mass is 10.1. The lowest BCUT2D eigenvalue weighted by molar-refractivity contribution is -0.109. The lowest BCUT2D eigenvalue weighted by Crippen LogP contribution is -2.31. The predicted molar refractivity (Wildman–Crippen MR) is 101 cm³/mol. The van der Waals surface area contributed by atoms with Crippen LogP contribution in [-0.4, -0.2) is 44.0 Å². The summed E-state index contributed by atoms with van der Waals surface area (Å²) in [6, 6.07) is 0. The van der Waals surface area contributed by atoms with Crippen LogP contribution in [0.5, 0.6) is 0 Å². The Hall–Kier alpha value is -1.39. The van der Waals surface area contributed by atoms with E-state index < -0.39 is 0 Å². The van der Waals surface area contributed by atoms with Gasteiger partial charge in [0.2, 0.25) is 0 Å². The highest BCUT2D eigenvalue weighted by atomic mass is 16.5. The number of hydrogen-bond acceptors (Lipinski definition) is 4. The van der Waals surface area contributed by atoms with E-state index in [0.29, 0.717) is 6.61 Å². The second kappa shape index (κ2) is 14.0. The van der Waals surface area contributed by atoms with Gasteiger partial charge in [0, 0.05) is 12.3 Å². The van der Waals surface area contributed by atoms with Crippen molar-refractivity contribution in [1.29, 1.82) is 0 Å². The molecule has 2 aliphatic rings. The molecular weight excluding hydrogens is 300 g/mol. The maximum atomic E-state index is 10.6. The first-order valence-electron chi connectivity index (χ1n) is 9.27. The Kier molecular flexibility index (Phi) is 12.0. The zero-order chi connectivity index (χ0) is 17.5.